The number of aromatic nitrogens is 2. The second kappa shape index (κ2) is 5.37. The van der Waals surface area contributed by atoms with E-state index in [0.717, 1.165) is 24.6 Å². The van der Waals surface area contributed by atoms with Crippen molar-refractivity contribution < 1.29 is 0 Å². The van der Waals surface area contributed by atoms with Crippen LogP contribution in [0.5, 0.6) is 0 Å². The Morgan fingerprint density at radius 2 is 2.29 bits per heavy atom. The summed E-state index contributed by atoms with van der Waals surface area (Å²) in [6.45, 7) is 7.02. The van der Waals surface area contributed by atoms with Gasteiger partial charge in [0.1, 0.15) is 11.6 Å². The van der Waals surface area contributed by atoms with Crippen LogP contribution in [0.2, 0.25) is 0 Å². The van der Waals surface area contributed by atoms with E-state index in [0.29, 0.717) is 0 Å². The van der Waals surface area contributed by atoms with Gasteiger partial charge in [-0.25, -0.2) is 9.97 Å². The zero-order chi connectivity index (χ0) is 10.4. The van der Waals surface area contributed by atoms with Crippen LogP contribution >= 0.6 is 0 Å². The van der Waals surface area contributed by atoms with E-state index in [1.807, 2.05) is 13.0 Å². The molecule has 1 rings (SSSR count). The largest absolute Gasteiger partial charge is 0.370 e. The lowest BCUT2D eigenvalue weighted by atomic mass is 10.3. The van der Waals surface area contributed by atoms with E-state index in [-0.39, 0.29) is 0 Å². The molecule has 1 aromatic heterocycles. The molecule has 14 heavy (non-hydrogen) atoms. The van der Waals surface area contributed by atoms with E-state index in [1.165, 1.54) is 5.57 Å². The molecule has 1 N–H and O–H groups in total. The lowest BCUT2D eigenvalue weighted by Crippen LogP contribution is -2.03. The van der Waals surface area contributed by atoms with Gasteiger partial charge in [0.05, 0.1) is 0 Å². The molecule has 0 saturated heterocycles. The Bertz CT molecular complexity index is 314. The van der Waals surface area contributed by atoms with Gasteiger partial charge in [-0.15, -0.1) is 0 Å². The predicted octanol–water partition coefficient (Wildman–Crippen LogP) is 2.55. The van der Waals surface area contributed by atoms with Crippen LogP contribution in [-0.2, 0) is 0 Å². The average molecular weight is 191 g/mol. The molecule has 0 spiro atoms. The molecule has 0 saturated carbocycles. The van der Waals surface area contributed by atoms with Crippen LogP contribution in [0.4, 0.5) is 5.82 Å². The maximum Gasteiger partial charge on any atom is 0.129 e. The Morgan fingerprint density at radius 1 is 1.50 bits per heavy atom. The highest BCUT2D eigenvalue weighted by Gasteiger charge is 1.92. The van der Waals surface area contributed by atoms with Gasteiger partial charge in [0, 0.05) is 12.7 Å². The summed E-state index contributed by atoms with van der Waals surface area (Å²) in [7, 11) is 0. The molecule has 0 aliphatic rings. The minimum absolute atomic E-state index is 0.803. The van der Waals surface area contributed by atoms with Crippen molar-refractivity contribution in [2.75, 3.05) is 11.9 Å². The summed E-state index contributed by atoms with van der Waals surface area (Å²) in [6, 6.07) is 1.88. The molecule has 76 valence electrons. The molecule has 0 fully saturated rings. The normalized spacial score (nSPS) is 9.64. The summed E-state index contributed by atoms with van der Waals surface area (Å²) in [5.74, 6) is 1.71. The van der Waals surface area contributed by atoms with Gasteiger partial charge in [-0.1, -0.05) is 11.6 Å². The van der Waals surface area contributed by atoms with Crippen LogP contribution in [0.25, 0.3) is 0 Å². The van der Waals surface area contributed by atoms with Crippen LogP contribution in [0, 0.1) is 6.92 Å². The molecule has 1 aromatic rings. The van der Waals surface area contributed by atoms with Crippen molar-refractivity contribution in [1.29, 1.82) is 0 Å². The number of hydrogen-bond donors (Lipinski definition) is 1. The summed E-state index contributed by atoms with van der Waals surface area (Å²) in [6.07, 6.45) is 5.01. The third-order valence-corrected chi connectivity index (χ3v) is 1.78. The summed E-state index contributed by atoms with van der Waals surface area (Å²) < 4.78 is 0. The zero-order valence-electron chi connectivity index (χ0n) is 9.04. The second-order valence-corrected chi connectivity index (χ2v) is 3.49. The first-order valence-corrected chi connectivity index (χ1v) is 4.85. The van der Waals surface area contributed by atoms with Crippen molar-refractivity contribution in [2.45, 2.75) is 27.2 Å². The van der Waals surface area contributed by atoms with E-state index in [4.69, 9.17) is 0 Å². The van der Waals surface area contributed by atoms with Crippen LogP contribution in [0.1, 0.15) is 26.1 Å². The fourth-order valence-corrected chi connectivity index (χ4v) is 1.12. The van der Waals surface area contributed by atoms with Gasteiger partial charge < -0.3 is 5.32 Å². The summed E-state index contributed by atoms with van der Waals surface area (Å²) in [5, 5.41) is 3.25. The van der Waals surface area contributed by atoms with Gasteiger partial charge >= 0.3 is 0 Å². The molecule has 1 heterocycles. The quantitative estimate of drug-likeness (QED) is 0.587. The molecule has 0 amide bonds. The molecule has 0 aliphatic heterocycles. The van der Waals surface area contributed by atoms with Gasteiger partial charge in [0.2, 0.25) is 0 Å². The van der Waals surface area contributed by atoms with E-state index in [9.17, 15) is 0 Å². The fraction of sp³-hybridized carbons (Fsp3) is 0.455. The van der Waals surface area contributed by atoms with E-state index < -0.39 is 0 Å². The van der Waals surface area contributed by atoms with Crippen LogP contribution in [0.3, 0.4) is 0 Å². The highest BCUT2D eigenvalue weighted by Crippen LogP contribution is 2.01. The van der Waals surface area contributed by atoms with Crippen LogP contribution in [0.15, 0.2) is 23.9 Å². The van der Waals surface area contributed by atoms with E-state index in [2.05, 4.69) is 35.2 Å². The summed E-state index contributed by atoms with van der Waals surface area (Å²) in [5.41, 5.74) is 1.35. The third-order valence-electron chi connectivity index (χ3n) is 1.78. The lowest BCUT2D eigenvalue weighted by Gasteiger charge is -2.03. The van der Waals surface area contributed by atoms with Crippen molar-refractivity contribution >= 4 is 5.82 Å². The Morgan fingerprint density at radius 3 is 2.93 bits per heavy atom. The Labute approximate surface area is 85.3 Å². The monoisotopic (exact) mass is 191 g/mol. The van der Waals surface area contributed by atoms with Crippen molar-refractivity contribution in [3.63, 3.8) is 0 Å². The summed E-state index contributed by atoms with van der Waals surface area (Å²) >= 11 is 0. The van der Waals surface area contributed by atoms with Crippen molar-refractivity contribution in [3.05, 3.63) is 29.7 Å². The molecular formula is C11H17N3. The number of anilines is 1. The standard InChI is InChI=1S/C11H17N3/c1-9(2)5-4-7-13-11-6-8-12-10(3)14-11/h5-6,8H,4,7H2,1-3H3,(H,12,13,14). The Kier molecular flexibility index (Phi) is 4.11. The number of nitrogens with zero attached hydrogens (tertiary/aromatic N) is 2. The maximum absolute atomic E-state index is 4.25. The fourth-order valence-electron chi connectivity index (χ4n) is 1.12. The zero-order valence-corrected chi connectivity index (χ0v) is 9.04. The van der Waals surface area contributed by atoms with Gasteiger partial charge in [0.25, 0.3) is 0 Å². The first-order chi connectivity index (χ1) is 6.68. The second-order valence-electron chi connectivity index (χ2n) is 3.49. The molecule has 0 aromatic carbocycles. The topological polar surface area (TPSA) is 37.8 Å². The molecule has 3 heteroatoms. The highest BCUT2D eigenvalue weighted by atomic mass is 15.0. The van der Waals surface area contributed by atoms with Crippen LogP contribution in [-0.4, -0.2) is 16.5 Å². The number of hydrogen-bond acceptors (Lipinski definition) is 3. The highest BCUT2D eigenvalue weighted by molar-refractivity contribution is 5.32. The van der Waals surface area contributed by atoms with Crippen molar-refractivity contribution in [2.24, 2.45) is 0 Å². The van der Waals surface area contributed by atoms with Crippen molar-refractivity contribution in [1.82, 2.24) is 9.97 Å². The first-order valence-electron chi connectivity index (χ1n) is 4.85. The first kappa shape index (κ1) is 10.7. The number of nitrogens with one attached hydrogen (secondary N) is 1. The number of aryl methyl sites for hydroxylation is 1. The third kappa shape index (κ3) is 4.03. The average Bonchev–Trinajstić information content (AvgIpc) is 2.12. The Balaban J connectivity index is 2.35. The summed E-state index contributed by atoms with van der Waals surface area (Å²) in [4.78, 5) is 8.28. The van der Waals surface area contributed by atoms with E-state index >= 15 is 0 Å². The molecular weight excluding hydrogens is 174 g/mol. The lowest BCUT2D eigenvalue weighted by molar-refractivity contribution is 0.997. The molecule has 0 unspecified atom stereocenters. The predicted molar refractivity (Wildman–Crippen MR) is 59.3 cm³/mol. The molecule has 0 bridgehead atoms. The van der Waals surface area contributed by atoms with Crippen molar-refractivity contribution in [3.8, 4) is 0 Å². The van der Waals surface area contributed by atoms with Gasteiger partial charge in [0.15, 0.2) is 0 Å². The Hall–Kier alpha value is -1.38. The number of allylic oxidation sites excluding steroid dienone is 1. The SMILES string of the molecule is CC(C)=CCCNc1ccnc(C)n1. The maximum atomic E-state index is 4.25. The minimum atomic E-state index is 0.803. The van der Waals surface area contributed by atoms with Gasteiger partial charge in [-0.05, 0) is 33.3 Å². The van der Waals surface area contributed by atoms with E-state index in [1.54, 1.807) is 6.20 Å². The minimum Gasteiger partial charge on any atom is -0.370 e. The molecule has 3 nitrogen and oxygen atoms in total. The molecule has 0 atom stereocenters. The van der Waals surface area contributed by atoms with Gasteiger partial charge in [-0.2, -0.15) is 0 Å². The molecule has 0 radical (unpaired) electrons. The number of rotatable bonds is 4. The smallest absolute Gasteiger partial charge is 0.129 e. The molecule has 0 aliphatic carbocycles. The van der Waals surface area contributed by atoms with Gasteiger partial charge in [-0.3, -0.25) is 0 Å². The van der Waals surface area contributed by atoms with Crippen LogP contribution < -0.4 is 5.32 Å².